The maximum Gasteiger partial charge on any atom is 0.225 e. The molecule has 1 amide bonds. The summed E-state index contributed by atoms with van der Waals surface area (Å²) in [4.78, 5) is 34.3. The minimum atomic E-state index is 0.0245. The summed E-state index contributed by atoms with van der Waals surface area (Å²) in [5, 5.41) is 7.05. The number of nitrogens with zero attached hydrogens (tertiary/aromatic N) is 6. The van der Waals surface area contributed by atoms with Crippen molar-refractivity contribution in [3.8, 4) is 22.4 Å². The monoisotopic (exact) mass is 563 g/mol. The largest absolute Gasteiger partial charge is 0.363 e. The second-order valence-corrected chi connectivity index (χ2v) is 11.5. The fourth-order valence-electron chi connectivity index (χ4n) is 5.25. The molecule has 5 aromatic rings. The van der Waals surface area contributed by atoms with Crippen LogP contribution in [0.5, 0.6) is 0 Å². The zero-order valence-electron chi connectivity index (χ0n) is 23.8. The number of rotatable bonds is 6. The quantitative estimate of drug-likeness (QED) is 0.260. The molecule has 41 heavy (non-hydrogen) atoms. The van der Waals surface area contributed by atoms with Gasteiger partial charge in [-0.1, -0.05) is 24.3 Å². The molecule has 6 rings (SSSR count). The van der Waals surface area contributed by atoms with Gasteiger partial charge in [-0.15, -0.1) is 11.3 Å². The maximum atomic E-state index is 11.6. The summed E-state index contributed by atoms with van der Waals surface area (Å²) in [6.45, 7) is 10.7. The van der Waals surface area contributed by atoms with Gasteiger partial charge in [0.15, 0.2) is 0 Å². The van der Waals surface area contributed by atoms with Crippen LogP contribution in [-0.4, -0.2) is 56.9 Å². The molecule has 9 heteroatoms. The number of benzene rings is 2. The van der Waals surface area contributed by atoms with Crippen molar-refractivity contribution in [1.29, 1.82) is 0 Å². The first kappa shape index (κ1) is 26.8. The number of fused-ring (bicyclic) bond motifs is 1. The lowest BCUT2D eigenvalue weighted by molar-refractivity contribution is -0.129. The zero-order valence-corrected chi connectivity index (χ0v) is 24.6. The molecule has 2 aromatic carbocycles. The number of anilines is 2. The fourth-order valence-corrected chi connectivity index (χ4v) is 6.18. The highest BCUT2D eigenvalue weighted by Crippen LogP contribution is 2.31. The van der Waals surface area contributed by atoms with Gasteiger partial charge in [0.1, 0.15) is 11.6 Å². The van der Waals surface area contributed by atoms with Crippen LogP contribution in [0.1, 0.15) is 36.8 Å². The van der Waals surface area contributed by atoms with E-state index in [1.807, 2.05) is 30.3 Å². The van der Waals surface area contributed by atoms with Gasteiger partial charge < -0.3 is 15.1 Å². The van der Waals surface area contributed by atoms with Crippen molar-refractivity contribution >= 4 is 39.1 Å². The van der Waals surface area contributed by atoms with Crippen LogP contribution in [0.25, 0.3) is 32.5 Å². The molecule has 1 N–H and O–H groups in total. The van der Waals surface area contributed by atoms with Crippen molar-refractivity contribution in [2.24, 2.45) is 0 Å². The summed E-state index contributed by atoms with van der Waals surface area (Å²) in [5.74, 6) is 2.34. The fraction of sp³-hybridized carbons (Fsp3) is 0.281. The summed E-state index contributed by atoms with van der Waals surface area (Å²) in [7, 11) is 0. The minimum Gasteiger partial charge on any atom is -0.363 e. The first-order valence-electron chi connectivity index (χ1n) is 13.9. The highest BCUT2D eigenvalue weighted by atomic mass is 32.1. The molecule has 0 unspecified atom stereocenters. The Morgan fingerprint density at radius 2 is 1.71 bits per heavy atom. The second kappa shape index (κ2) is 11.2. The molecule has 1 aliphatic rings. The number of hydrogen-bond acceptors (Lipinski definition) is 8. The van der Waals surface area contributed by atoms with E-state index in [-0.39, 0.29) is 11.9 Å². The molecule has 208 valence electrons. The van der Waals surface area contributed by atoms with Crippen molar-refractivity contribution in [2.75, 3.05) is 36.4 Å². The smallest absolute Gasteiger partial charge is 0.225 e. The first-order valence-corrected chi connectivity index (χ1v) is 14.8. The Morgan fingerprint density at radius 3 is 2.46 bits per heavy atom. The zero-order chi connectivity index (χ0) is 28.5. The van der Waals surface area contributed by atoms with Gasteiger partial charge in [0.25, 0.3) is 0 Å². The first-order chi connectivity index (χ1) is 19.8. The summed E-state index contributed by atoms with van der Waals surface area (Å²) in [5.41, 5.74) is 6.45. The Morgan fingerprint density at radius 1 is 0.927 bits per heavy atom. The number of aromatic nitrogens is 4. The van der Waals surface area contributed by atoms with Gasteiger partial charge in [0, 0.05) is 73.4 Å². The Labute approximate surface area is 244 Å². The van der Waals surface area contributed by atoms with Gasteiger partial charge in [-0.3, -0.25) is 4.79 Å². The minimum absolute atomic E-state index is 0.0245. The van der Waals surface area contributed by atoms with Gasteiger partial charge in [-0.2, -0.15) is 0 Å². The molecule has 0 radical (unpaired) electrons. The SMILES string of the molecule is CC(=O)N1CCN(c2ncc(-c3cccc([C@H](C)Nc4cc(-c5ccc6scc(C)c6c5)nc(C)n4)c3)cn2)CC1. The third-order valence-corrected chi connectivity index (χ3v) is 8.71. The molecule has 1 atom stereocenters. The van der Waals surface area contributed by atoms with Crippen LogP contribution in [0.2, 0.25) is 0 Å². The molecule has 1 fully saturated rings. The van der Waals surface area contributed by atoms with Crippen LogP contribution in [0.4, 0.5) is 11.8 Å². The lowest BCUT2D eigenvalue weighted by atomic mass is 10.0. The van der Waals surface area contributed by atoms with Crippen LogP contribution in [0.3, 0.4) is 0 Å². The maximum absolute atomic E-state index is 11.6. The van der Waals surface area contributed by atoms with Crippen molar-refractivity contribution < 1.29 is 4.79 Å². The van der Waals surface area contributed by atoms with Gasteiger partial charge in [-0.05, 0) is 66.4 Å². The summed E-state index contributed by atoms with van der Waals surface area (Å²) < 4.78 is 1.29. The molecule has 1 saturated heterocycles. The van der Waals surface area contributed by atoms with E-state index in [1.165, 1.54) is 15.6 Å². The van der Waals surface area contributed by atoms with Crippen LogP contribution in [0, 0.1) is 13.8 Å². The van der Waals surface area contributed by atoms with E-state index in [1.54, 1.807) is 18.3 Å². The predicted octanol–water partition coefficient (Wildman–Crippen LogP) is 6.27. The Balaban J connectivity index is 1.17. The normalized spacial score (nSPS) is 14.3. The highest BCUT2D eigenvalue weighted by Gasteiger charge is 2.20. The Kier molecular flexibility index (Phi) is 7.36. The van der Waals surface area contributed by atoms with E-state index in [0.717, 1.165) is 52.7 Å². The van der Waals surface area contributed by atoms with E-state index in [2.05, 4.69) is 86.9 Å². The summed E-state index contributed by atoms with van der Waals surface area (Å²) >= 11 is 1.77. The summed E-state index contributed by atoms with van der Waals surface area (Å²) in [6.07, 6.45) is 3.76. The number of aryl methyl sites for hydroxylation is 2. The predicted molar refractivity (Wildman–Crippen MR) is 166 cm³/mol. The Bertz CT molecular complexity index is 1710. The van der Waals surface area contributed by atoms with E-state index in [4.69, 9.17) is 4.98 Å². The number of nitrogens with one attached hydrogen (secondary N) is 1. The molecular formula is C32H33N7OS. The summed E-state index contributed by atoms with van der Waals surface area (Å²) in [6, 6.07) is 17.0. The average molecular weight is 564 g/mol. The molecule has 8 nitrogen and oxygen atoms in total. The molecule has 0 aliphatic carbocycles. The van der Waals surface area contributed by atoms with Gasteiger partial charge in [0.05, 0.1) is 5.69 Å². The van der Waals surface area contributed by atoms with E-state index >= 15 is 0 Å². The Hall–Kier alpha value is -4.37. The van der Waals surface area contributed by atoms with Crippen molar-refractivity contribution in [1.82, 2.24) is 24.8 Å². The molecule has 4 heterocycles. The van der Waals surface area contributed by atoms with Crippen molar-refractivity contribution in [3.05, 3.63) is 83.3 Å². The molecule has 0 bridgehead atoms. The molecular weight excluding hydrogens is 530 g/mol. The van der Waals surface area contributed by atoms with Crippen LogP contribution >= 0.6 is 11.3 Å². The number of amides is 1. The third-order valence-electron chi connectivity index (χ3n) is 7.63. The number of hydrogen-bond donors (Lipinski definition) is 1. The van der Waals surface area contributed by atoms with E-state index < -0.39 is 0 Å². The third kappa shape index (κ3) is 5.76. The molecule has 0 spiro atoms. The second-order valence-electron chi connectivity index (χ2n) is 10.6. The number of carbonyl (C=O) groups is 1. The van der Waals surface area contributed by atoms with Gasteiger partial charge in [0.2, 0.25) is 11.9 Å². The van der Waals surface area contributed by atoms with Crippen molar-refractivity contribution in [2.45, 2.75) is 33.7 Å². The molecule has 1 aliphatic heterocycles. The van der Waals surface area contributed by atoms with Crippen LogP contribution in [0.15, 0.2) is 66.3 Å². The average Bonchev–Trinajstić information content (AvgIpc) is 3.37. The van der Waals surface area contributed by atoms with E-state index in [0.29, 0.717) is 19.0 Å². The number of piperazine rings is 1. The topological polar surface area (TPSA) is 87.1 Å². The van der Waals surface area contributed by atoms with Gasteiger partial charge >= 0.3 is 0 Å². The van der Waals surface area contributed by atoms with Crippen molar-refractivity contribution in [3.63, 3.8) is 0 Å². The van der Waals surface area contributed by atoms with Crippen LogP contribution in [-0.2, 0) is 4.79 Å². The lowest BCUT2D eigenvalue weighted by Gasteiger charge is -2.34. The van der Waals surface area contributed by atoms with E-state index in [9.17, 15) is 4.79 Å². The molecule has 0 saturated carbocycles. The van der Waals surface area contributed by atoms with Crippen LogP contribution < -0.4 is 10.2 Å². The number of thiophene rings is 1. The highest BCUT2D eigenvalue weighted by molar-refractivity contribution is 7.17. The standard InChI is InChI=1S/C32H33N7OS/c1-20-19-41-30-9-8-26(15-28(20)30)29-16-31(37-22(3)36-29)35-21(2)24-6-5-7-25(14-24)27-17-33-32(34-18-27)39-12-10-38(11-13-39)23(4)40/h5-9,14-19,21H,10-13H2,1-4H3,(H,35,36,37)/t21-/m0/s1. The molecule has 3 aromatic heterocycles. The lowest BCUT2D eigenvalue weighted by Crippen LogP contribution is -2.48. The number of carbonyl (C=O) groups excluding carboxylic acids is 1. The van der Waals surface area contributed by atoms with Gasteiger partial charge in [-0.25, -0.2) is 19.9 Å².